The van der Waals surface area contributed by atoms with Gasteiger partial charge in [0.15, 0.2) is 0 Å². The van der Waals surface area contributed by atoms with Gasteiger partial charge in [0.1, 0.15) is 0 Å². The number of hydrogen-bond donors (Lipinski definition) is 0. The number of carbonyl (C=O) groups excluding carboxylic acids is 1. The number of carbonyl (C=O) groups is 1. The smallest absolute Gasteiger partial charge is 0.261 e. The molecule has 2 rings (SSSR count). The molecule has 0 radical (unpaired) electrons. The van der Waals surface area contributed by atoms with E-state index >= 15 is 0 Å². The van der Waals surface area contributed by atoms with Crippen molar-refractivity contribution < 1.29 is 13.2 Å². The molecule has 0 unspecified atom stereocenters. The summed E-state index contributed by atoms with van der Waals surface area (Å²) in [7, 11) is 1.53. The van der Waals surface area contributed by atoms with E-state index < -0.39 is 9.05 Å². The molecule has 1 fully saturated rings. The minimum absolute atomic E-state index is 0.0251. The fraction of sp³-hybridized carbons (Fsp3) is 0.500. The summed E-state index contributed by atoms with van der Waals surface area (Å²) in [5.74, 6) is -0.105. The Hall–Kier alpha value is -1.07. The predicted molar refractivity (Wildman–Crippen MR) is 78.6 cm³/mol. The van der Waals surface area contributed by atoms with Crippen LogP contribution >= 0.6 is 10.7 Å². The second-order valence-electron chi connectivity index (χ2n) is 5.12. The highest BCUT2D eigenvalue weighted by Crippen LogP contribution is 2.21. The molecule has 1 saturated heterocycles. The maximum Gasteiger partial charge on any atom is 0.261 e. The van der Waals surface area contributed by atoms with Gasteiger partial charge in [-0.15, -0.1) is 0 Å². The summed E-state index contributed by atoms with van der Waals surface area (Å²) in [5, 5.41) is 0. The van der Waals surface area contributed by atoms with Crippen LogP contribution in [0.15, 0.2) is 23.1 Å². The summed E-state index contributed by atoms with van der Waals surface area (Å²) < 4.78 is 22.8. The second kappa shape index (κ2) is 6.14. The monoisotopic (exact) mass is 315 g/mol. The Bertz CT molecular complexity index is 605. The van der Waals surface area contributed by atoms with Crippen molar-refractivity contribution in [3.05, 3.63) is 29.3 Å². The van der Waals surface area contributed by atoms with Gasteiger partial charge in [-0.3, -0.25) is 4.79 Å². The van der Waals surface area contributed by atoms with Crippen LogP contribution in [0.3, 0.4) is 0 Å². The molecule has 0 atom stereocenters. The fourth-order valence-corrected chi connectivity index (χ4v) is 3.20. The Morgan fingerprint density at radius 1 is 1.15 bits per heavy atom. The SMILES string of the molecule is Cc1ccc(S(=O)(=O)Cl)cc1C(=O)N1CCCCCC1. The summed E-state index contributed by atoms with van der Waals surface area (Å²) in [6.45, 7) is 3.27. The Balaban J connectivity index is 2.33. The van der Waals surface area contributed by atoms with Gasteiger partial charge >= 0.3 is 0 Å². The van der Waals surface area contributed by atoms with E-state index in [1.807, 2.05) is 0 Å². The highest BCUT2D eigenvalue weighted by atomic mass is 35.7. The zero-order chi connectivity index (χ0) is 14.8. The number of likely N-dealkylation sites (tertiary alicyclic amines) is 1. The van der Waals surface area contributed by atoms with Gasteiger partial charge in [-0.1, -0.05) is 18.9 Å². The van der Waals surface area contributed by atoms with E-state index in [0.29, 0.717) is 5.56 Å². The Kier molecular flexibility index (Phi) is 4.70. The molecule has 0 bridgehead atoms. The van der Waals surface area contributed by atoms with Crippen molar-refractivity contribution in [3.8, 4) is 0 Å². The molecule has 4 nitrogen and oxygen atoms in total. The van der Waals surface area contributed by atoms with Crippen LogP contribution in [0.1, 0.15) is 41.6 Å². The first-order valence-electron chi connectivity index (χ1n) is 6.74. The molecule has 1 aromatic carbocycles. The van der Waals surface area contributed by atoms with Gasteiger partial charge < -0.3 is 4.90 Å². The molecule has 110 valence electrons. The lowest BCUT2D eigenvalue weighted by Gasteiger charge is -2.21. The average molecular weight is 316 g/mol. The molecule has 1 aliphatic heterocycles. The van der Waals surface area contributed by atoms with Crippen LogP contribution in [0.25, 0.3) is 0 Å². The van der Waals surface area contributed by atoms with E-state index in [4.69, 9.17) is 10.7 Å². The Morgan fingerprint density at radius 2 is 1.75 bits per heavy atom. The molecule has 0 saturated carbocycles. The highest BCUT2D eigenvalue weighted by Gasteiger charge is 2.21. The first-order chi connectivity index (χ1) is 9.39. The second-order valence-corrected chi connectivity index (χ2v) is 7.69. The third-order valence-corrected chi connectivity index (χ3v) is 4.97. The van der Waals surface area contributed by atoms with Crippen molar-refractivity contribution in [1.82, 2.24) is 4.90 Å². The van der Waals surface area contributed by atoms with E-state index in [9.17, 15) is 13.2 Å². The Labute approximate surface area is 124 Å². The quantitative estimate of drug-likeness (QED) is 0.788. The molecular weight excluding hydrogens is 298 g/mol. The third kappa shape index (κ3) is 3.52. The predicted octanol–water partition coefficient (Wildman–Crippen LogP) is 2.94. The summed E-state index contributed by atoms with van der Waals surface area (Å²) in [5.41, 5.74) is 1.19. The number of benzene rings is 1. The highest BCUT2D eigenvalue weighted by molar-refractivity contribution is 8.13. The molecule has 0 aliphatic carbocycles. The molecule has 1 heterocycles. The summed E-state index contributed by atoms with van der Waals surface area (Å²) in [6.07, 6.45) is 4.27. The van der Waals surface area contributed by atoms with Gasteiger partial charge in [-0.05, 0) is 37.5 Å². The van der Waals surface area contributed by atoms with Crippen LogP contribution in [0, 0.1) is 6.92 Å². The number of halogens is 1. The average Bonchev–Trinajstić information content (AvgIpc) is 2.66. The number of nitrogens with zero attached hydrogens (tertiary/aromatic N) is 1. The molecule has 0 aromatic heterocycles. The maximum absolute atomic E-state index is 12.5. The van der Waals surface area contributed by atoms with Crippen molar-refractivity contribution >= 4 is 25.6 Å². The van der Waals surface area contributed by atoms with E-state index in [2.05, 4.69) is 0 Å². The van der Waals surface area contributed by atoms with Crippen LogP contribution in [0.2, 0.25) is 0 Å². The van der Waals surface area contributed by atoms with Crippen molar-refractivity contribution in [1.29, 1.82) is 0 Å². The van der Waals surface area contributed by atoms with Crippen LogP contribution < -0.4 is 0 Å². The molecular formula is C14H18ClNO3S. The van der Waals surface area contributed by atoms with Crippen molar-refractivity contribution in [2.75, 3.05) is 13.1 Å². The number of hydrogen-bond acceptors (Lipinski definition) is 3. The topological polar surface area (TPSA) is 54.5 Å². The molecule has 0 N–H and O–H groups in total. The number of aryl methyl sites for hydroxylation is 1. The van der Waals surface area contributed by atoms with Gasteiger partial charge in [0.05, 0.1) is 4.90 Å². The molecule has 1 amide bonds. The first kappa shape index (κ1) is 15.3. The van der Waals surface area contributed by atoms with Gasteiger partial charge in [0.2, 0.25) is 0 Å². The van der Waals surface area contributed by atoms with Gasteiger partial charge in [-0.25, -0.2) is 8.42 Å². The van der Waals surface area contributed by atoms with Crippen molar-refractivity contribution in [2.24, 2.45) is 0 Å². The molecule has 1 aromatic rings. The van der Waals surface area contributed by atoms with E-state index in [0.717, 1.165) is 44.3 Å². The summed E-state index contributed by atoms with van der Waals surface area (Å²) >= 11 is 0. The van der Waals surface area contributed by atoms with Gasteiger partial charge in [0.25, 0.3) is 15.0 Å². The standard InChI is InChI=1S/C14H18ClNO3S/c1-11-6-7-12(20(15,18)19)10-13(11)14(17)16-8-4-2-3-5-9-16/h6-7,10H,2-5,8-9H2,1H3. The largest absolute Gasteiger partial charge is 0.339 e. The minimum Gasteiger partial charge on any atom is -0.339 e. The lowest BCUT2D eigenvalue weighted by molar-refractivity contribution is 0.0760. The Morgan fingerprint density at radius 3 is 2.30 bits per heavy atom. The van der Waals surface area contributed by atoms with Crippen molar-refractivity contribution in [2.45, 2.75) is 37.5 Å². The first-order valence-corrected chi connectivity index (χ1v) is 9.05. The summed E-state index contributed by atoms with van der Waals surface area (Å²) in [4.78, 5) is 14.3. The zero-order valence-electron chi connectivity index (χ0n) is 11.4. The van der Waals surface area contributed by atoms with Crippen LogP contribution in [0.5, 0.6) is 0 Å². The third-order valence-electron chi connectivity index (χ3n) is 3.61. The lowest BCUT2D eigenvalue weighted by Crippen LogP contribution is -2.32. The van der Waals surface area contributed by atoms with Crippen LogP contribution in [-0.4, -0.2) is 32.3 Å². The zero-order valence-corrected chi connectivity index (χ0v) is 13.0. The minimum atomic E-state index is -3.81. The molecule has 20 heavy (non-hydrogen) atoms. The van der Waals surface area contributed by atoms with E-state index in [1.54, 1.807) is 17.9 Å². The number of rotatable bonds is 2. The maximum atomic E-state index is 12.5. The van der Waals surface area contributed by atoms with Crippen LogP contribution in [-0.2, 0) is 9.05 Å². The normalized spacial score (nSPS) is 16.8. The number of amides is 1. The molecule has 1 aliphatic rings. The van der Waals surface area contributed by atoms with Gasteiger partial charge in [0, 0.05) is 29.3 Å². The van der Waals surface area contributed by atoms with Gasteiger partial charge in [-0.2, -0.15) is 0 Å². The fourth-order valence-electron chi connectivity index (χ4n) is 2.43. The van der Waals surface area contributed by atoms with E-state index in [1.165, 1.54) is 12.1 Å². The van der Waals surface area contributed by atoms with Crippen LogP contribution in [0.4, 0.5) is 0 Å². The summed E-state index contributed by atoms with van der Waals surface area (Å²) in [6, 6.07) is 4.43. The lowest BCUT2D eigenvalue weighted by atomic mass is 10.1. The van der Waals surface area contributed by atoms with E-state index in [-0.39, 0.29) is 10.8 Å². The molecule has 0 spiro atoms. The van der Waals surface area contributed by atoms with Crippen molar-refractivity contribution in [3.63, 3.8) is 0 Å². The molecule has 6 heteroatoms.